The highest BCUT2D eigenvalue weighted by Gasteiger charge is 2.26. The number of carbonyl (C=O) groups excluding carboxylic acids is 1. The van der Waals surface area contributed by atoms with Crippen molar-refractivity contribution >= 4 is 17.4 Å². The molecule has 0 unspecified atom stereocenters. The summed E-state index contributed by atoms with van der Waals surface area (Å²) in [5.41, 5.74) is 1.21. The summed E-state index contributed by atoms with van der Waals surface area (Å²) in [5, 5.41) is 12.4. The van der Waals surface area contributed by atoms with E-state index in [4.69, 9.17) is 4.74 Å². The number of nitrogens with zero attached hydrogens (tertiary/aromatic N) is 3. The van der Waals surface area contributed by atoms with E-state index in [9.17, 15) is 4.79 Å². The van der Waals surface area contributed by atoms with Crippen molar-refractivity contribution in [2.24, 2.45) is 0 Å². The molecule has 0 fully saturated rings. The minimum Gasteiger partial charge on any atom is -0.371 e. The molecule has 2 atom stereocenters. The molecule has 0 spiro atoms. The maximum absolute atomic E-state index is 12.3. The van der Waals surface area contributed by atoms with Gasteiger partial charge < -0.3 is 15.4 Å². The Balaban J connectivity index is 1.35. The van der Waals surface area contributed by atoms with Crippen LogP contribution in [0.3, 0.4) is 0 Å². The number of fused-ring (bicyclic) bond motifs is 2. The van der Waals surface area contributed by atoms with Crippen LogP contribution in [0.1, 0.15) is 47.1 Å². The van der Waals surface area contributed by atoms with Crippen molar-refractivity contribution in [1.82, 2.24) is 25.4 Å². The quantitative estimate of drug-likeness (QED) is 0.891. The van der Waals surface area contributed by atoms with Crippen LogP contribution in [-0.4, -0.2) is 33.9 Å². The SMILES string of the molecule is Cc1nc2n(n1)CCC[C@@H]2NC(=O)NC[C@H]1OCCc2sccc21. The third-order valence-corrected chi connectivity index (χ3v) is 5.51. The maximum atomic E-state index is 12.3. The van der Waals surface area contributed by atoms with Crippen LogP contribution in [0.2, 0.25) is 0 Å². The van der Waals surface area contributed by atoms with Crippen molar-refractivity contribution in [2.45, 2.75) is 44.9 Å². The predicted octanol–water partition coefficient (Wildman–Crippen LogP) is 2.10. The lowest BCUT2D eigenvalue weighted by Crippen LogP contribution is -2.42. The van der Waals surface area contributed by atoms with Gasteiger partial charge >= 0.3 is 6.03 Å². The zero-order valence-corrected chi connectivity index (χ0v) is 14.4. The predicted molar refractivity (Wildman–Crippen MR) is 90.0 cm³/mol. The summed E-state index contributed by atoms with van der Waals surface area (Å²) in [6, 6.07) is 1.83. The lowest BCUT2D eigenvalue weighted by Gasteiger charge is -2.25. The van der Waals surface area contributed by atoms with Gasteiger partial charge in [0.25, 0.3) is 0 Å². The first-order chi connectivity index (χ1) is 11.7. The molecule has 2 aliphatic rings. The summed E-state index contributed by atoms with van der Waals surface area (Å²) in [5.74, 6) is 1.60. The van der Waals surface area contributed by atoms with Gasteiger partial charge in [0, 0.05) is 24.4 Å². The first-order valence-corrected chi connectivity index (χ1v) is 9.22. The molecular formula is C16H21N5O2S. The topological polar surface area (TPSA) is 81.1 Å². The minimum atomic E-state index is -0.181. The van der Waals surface area contributed by atoms with Gasteiger partial charge in [-0.15, -0.1) is 11.3 Å². The molecule has 2 aliphatic heterocycles. The van der Waals surface area contributed by atoms with Gasteiger partial charge in [-0.3, -0.25) is 0 Å². The number of carbonyl (C=O) groups is 1. The number of aryl methyl sites for hydroxylation is 2. The van der Waals surface area contributed by atoms with E-state index in [0.717, 1.165) is 37.5 Å². The molecule has 2 N–H and O–H groups in total. The summed E-state index contributed by atoms with van der Waals surface area (Å²) >= 11 is 1.76. The molecule has 0 aromatic carbocycles. The molecule has 0 bridgehead atoms. The Morgan fingerprint density at radius 3 is 3.38 bits per heavy atom. The molecule has 128 valence electrons. The monoisotopic (exact) mass is 347 g/mol. The van der Waals surface area contributed by atoms with Crippen LogP contribution < -0.4 is 10.6 Å². The van der Waals surface area contributed by atoms with E-state index in [0.29, 0.717) is 13.2 Å². The molecule has 0 aliphatic carbocycles. The third kappa shape index (κ3) is 3.03. The van der Waals surface area contributed by atoms with E-state index >= 15 is 0 Å². The van der Waals surface area contributed by atoms with Gasteiger partial charge in [0.05, 0.1) is 12.6 Å². The number of amides is 2. The Kier molecular flexibility index (Phi) is 4.24. The second kappa shape index (κ2) is 6.52. The van der Waals surface area contributed by atoms with Gasteiger partial charge in [-0.05, 0) is 36.8 Å². The van der Waals surface area contributed by atoms with E-state index in [-0.39, 0.29) is 18.2 Å². The average Bonchev–Trinajstić information content (AvgIpc) is 3.19. The minimum absolute atomic E-state index is 0.0528. The fraction of sp³-hybridized carbons (Fsp3) is 0.562. The lowest BCUT2D eigenvalue weighted by molar-refractivity contribution is 0.0453. The molecule has 24 heavy (non-hydrogen) atoms. The third-order valence-electron chi connectivity index (χ3n) is 4.51. The molecule has 0 saturated heterocycles. The number of aromatic nitrogens is 3. The van der Waals surface area contributed by atoms with Gasteiger partial charge in [-0.1, -0.05) is 0 Å². The Bertz CT molecular complexity index is 741. The van der Waals surface area contributed by atoms with E-state index in [1.165, 1.54) is 10.4 Å². The lowest BCUT2D eigenvalue weighted by atomic mass is 10.1. The van der Waals surface area contributed by atoms with Crippen molar-refractivity contribution in [3.63, 3.8) is 0 Å². The van der Waals surface area contributed by atoms with Crippen LogP contribution >= 0.6 is 11.3 Å². The largest absolute Gasteiger partial charge is 0.371 e. The molecular weight excluding hydrogens is 326 g/mol. The highest BCUT2D eigenvalue weighted by molar-refractivity contribution is 7.10. The number of nitrogens with one attached hydrogen (secondary N) is 2. The smallest absolute Gasteiger partial charge is 0.315 e. The highest BCUT2D eigenvalue weighted by Crippen LogP contribution is 2.30. The second-order valence-electron chi connectivity index (χ2n) is 6.20. The average molecular weight is 347 g/mol. The first-order valence-electron chi connectivity index (χ1n) is 8.34. The molecule has 8 heteroatoms. The molecule has 2 aromatic rings. The summed E-state index contributed by atoms with van der Waals surface area (Å²) in [7, 11) is 0. The Morgan fingerprint density at radius 2 is 2.46 bits per heavy atom. The van der Waals surface area contributed by atoms with Gasteiger partial charge in [0.2, 0.25) is 0 Å². The van der Waals surface area contributed by atoms with Crippen LogP contribution in [0.15, 0.2) is 11.4 Å². The molecule has 2 amide bonds. The molecule has 4 rings (SSSR count). The van der Waals surface area contributed by atoms with Crippen molar-refractivity contribution in [3.8, 4) is 0 Å². The van der Waals surface area contributed by atoms with Crippen LogP contribution in [0, 0.1) is 6.92 Å². The van der Waals surface area contributed by atoms with Crippen molar-refractivity contribution < 1.29 is 9.53 Å². The van der Waals surface area contributed by atoms with Gasteiger partial charge in [0.1, 0.15) is 17.8 Å². The zero-order valence-electron chi connectivity index (χ0n) is 13.6. The standard InChI is InChI=1S/C16H21N5O2S/c1-10-18-15-12(3-2-6-21(15)20-10)19-16(22)17-9-13-11-5-8-24-14(11)4-7-23-13/h5,8,12-13H,2-4,6-7,9H2,1H3,(H2,17,19,22)/t12-,13+/m0/s1. The van der Waals surface area contributed by atoms with Crippen molar-refractivity contribution in [1.29, 1.82) is 0 Å². The van der Waals surface area contributed by atoms with E-state index < -0.39 is 0 Å². The van der Waals surface area contributed by atoms with E-state index in [1.807, 2.05) is 11.6 Å². The molecule has 0 saturated carbocycles. The Morgan fingerprint density at radius 1 is 1.54 bits per heavy atom. The maximum Gasteiger partial charge on any atom is 0.315 e. The van der Waals surface area contributed by atoms with E-state index in [1.54, 1.807) is 11.3 Å². The Hall–Kier alpha value is -1.93. The van der Waals surface area contributed by atoms with Gasteiger partial charge in [-0.2, -0.15) is 5.10 Å². The number of hydrogen-bond acceptors (Lipinski definition) is 5. The van der Waals surface area contributed by atoms with Crippen molar-refractivity contribution in [3.05, 3.63) is 33.5 Å². The summed E-state index contributed by atoms with van der Waals surface area (Å²) in [6.45, 7) is 3.94. The Labute approximate surface area is 144 Å². The summed E-state index contributed by atoms with van der Waals surface area (Å²) < 4.78 is 7.69. The van der Waals surface area contributed by atoms with Crippen LogP contribution in [0.5, 0.6) is 0 Å². The number of urea groups is 1. The molecule has 7 nitrogen and oxygen atoms in total. The fourth-order valence-corrected chi connectivity index (χ4v) is 4.31. The number of thiophene rings is 1. The van der Waals surface area contributed by atoms with Crippen LogP contribution in [0.25, 0.3) is 0 Å². The number of hydrogen-bond donors (Lipinski definition) is 2. The van der Waals surface area contributed by atoms with Crippen LogP contribution in [-0.2, 0) is 17.7 Å². The molecule has 2 aromatic heterocycles. The van der Waals surface area contributed by atoms with E-state index in [2.05, 4.69) is 32.2 Å². The zero-order chi connectivity index (χ0) is 16.5. The molecule has 0 radical (unpaired) electrons. The second-order valence-corrected chi connectivity index (χ2v) is 7.20. The van der Waals surface area contributed by atoms with Crippen molar-refractivity contribution in [2.75, 3.05) is 13.2 Å². The number of rotatable bonds is 3. The number of ether oxygens (including phenoxy) is 1. The highest BCUT2D eigenvalue weighted by atomic mass is 32.1. The normalized spacial score (nSPS) is 22.5. The van der Waals surface area contributed by atoms with Gasteiger partial charge in [0.15, 0.2) is 0 Å². The first kappa shape index (κ1) is 15.6. The summed E-state index contributed by atoms with van der Waals surface area (Å²) in [6.07, 6.45) is 2.79. The summed E-state index contributed by atoms with van der Waals surface area (Å²) in [4.78, 5) is 18.1. The molecule has 4 heterocycles. The van der Waals surface area contributed by atoms with Crippen LogP contribution in [0.4, 0.5) is 4.79 Å². The van der Waals surface area contributed by atoms with Gasteiger partial charge in [-0.25, -0.2) is 14.5 Å². The fourth-order valence-electron chi connectivity index (χ4n) is 3.39.